The molecule has 0 bridgehead atoms. The van der Waals surface area contributed by atoms with E-state index in [2.05, 4.69) is 10.1 Å². The summed E-state index contributed by atoms with van der Waals surface area (Å²) in [5, 5.41) is 2.79. The minimum atomic E-state index is -2.85. The Balaban J connectivity index is 1.76. The van der Waals surface area contributed by atoms with Crippen molar-refractivity contribution in [1.29, 1.82) is 0 Å². The molecular weight excluding hydrogens is 316 g/mol. The fourth-order valence-electron chi connectivity index (χ4n) is 2.14. The number of amides is 1. The van der Waals surface area contributed by atoms with E-state index in [-0.39, 0.29) is 24.3 Å². The SMILES string of the molecule is CC(NC(=O)COCc1ccccc1)c1ccc(OC(F)F)cc1. The average Bonchev–Trinajstić information content (AvgIpc) is 2.56. The smallest absolute Gasteiger partial charge is 0.387 e. The molecule has 0 saturated heterocycles. The van der Waals surface area contributed by atoms with Crippen LogP contribution >= 0.6 is 0 Å². The van der Waals surface area contributed by atoms with E-state index in [0.29, 0.717) is 6.61 Å². The minimum absolute atomic E-state index is 0.0498. The highest BCUT2D eigenvalue weighted by atomic mass is 19.3. The van der Waals surface area contributed by atoms with Gasteiger partial charge in [0.2, 0.25) is 5.91 Å². The number of benzene rings is 2. The summed E-state index contributed by atoms with van der Waals surface area (Å²) in [5.41, 5.74) is 1.78. The van der Waals surface area contributed by atoms with Gasteiger partial charge < -0.3 is 14.8 Å². The van der Waals surface area contributed by atoms with E-state index >= 15 is 0 Å². The number of hydrogen-bond acceptors (Lipinski definition) is 3. The third kappa shape index (κ3) is 5.96. The highest BCUT2D eigenvalue weighted by Crippen LogP contribution is 2.19. The van der Waals surface area contributed by atoms with Crippen LogP contribution in [0.4, 0.5) is 8.78 Å². The zero-order chi connectivity index (χ0) is 17.4. The average molecular weight is 335 g/mol. The first kappa shape index (κ1) is 17.9. The van der Waals surface area contributed by atoms with E-state index in [0.717, 1.165) is 11.1 Å². The molecule has 1 unspecified atom stereocenters. The molecule has 2 rings (SSSR count). The van der Waals surface area contributed by atoms with Gasteiger partial charge in [0.1, 0.15) is 12.4 Å². The number of carbonyl (C=O) groups is 1. The van der Waals surface area contributed by atoms with Gasteiger partial charge in [-0.1, -0.05) is 42.5 Å². The highest BCUT2D eigenvalue weighted by molar-refractivity contribution is 5.77. The first-order valence-electron chi connectivity index (χ1n) is 7.50. The van der Waals surface area contributed by atoms with Gasteiger partial charge in [0.15, 0.2) is 0 Å². The molecule has 0 spiro atoms. The molecule has 1 amide bonds. The zero-order valence-electron chi connectivity index (χ0n) is 13.2. The maximum absolute atomic E-state index is 12.1. The van der Waals surface area contributed by atoms with Crippen molar-refractivity contribution in [3.8, 4) is 5.75 Å². The molecule has 0 saturated carbocycles. The van der Waals surface area contributed by atoms with Crippen LogP contribution in [0.2, 0.25) is 0 Å². The summed E-state index contributed by atoms with van der Waals surface area (Å²) >= 11 is 0. The molecule has 6 heteroatoms. The van der Waals surface area contributed by atoms with E-state index < -0.39 is 6.61 Å². The monoisotopic (exact) mass is 335 g/mol. The van der Waals surface area contributed by atoms with Crippen LogP contribution in [-0.2, 0) is 16.1 Å². The van der Waals surface area contributed by atoms with Crippen molar-refractivity contribution in [2.24, 2.45) is 0 Å². The Bertz CT molecular complexity index is 632. The second-order valence-corrected chi connectivity index (χ2v) is 5.22. The summed E-state index contributed by atoms with van der Waals surface area (Å²) in [5.74, 6) is -0.162. The number of alkyl halides is 2. The van der Waals surface area contributed by atoms with E-state index in [4.69, 9.17) is 4.74 Å². The van der Waals surface area contributed by atoms with Crippen LogP contribution in [0.25, 0.3) is 0 Å². The Morgan fingerprint density at radius 2 is 1.75 bits per heavy atom. The van der Waals surface area contributed by atoms with Crippen LogP contribution in [0.1, 0.15) is 24.1 Å². The van der Waals surface area contributed by atoms with Crippen LogP contribution in [0.15, 0.2) is 54.6 Å². The topological polar surface area (TPSA) is 47.6 Å². The molecule has 0 heterocycles. The first-order chi connectivity index (χ1) is 11.5. The predicted octanol–water partition coefficient (Wildman–Crippen LogP) is 3.68. The van der Waals surface area contributed by atoms with Crippen LogP contribution in [0.3, 0.4) is 0 Å². The molecule has 0 aliphatic carbocycles. The molecule has 0 aliphatic heterocycles. The standard InChI is InChI=1S/C18H19F2NO3/c1-13(15-7-9-16(10-8-15)24-18(19)20)21-17(22)12-23-11-14-5-3-2-4-6-14/h2-10,13,18H,11-12H2,1H3,(H,21,22). The predicted molar refractivity (Wildman–Crippen MR) is 85.7 cm³/mol. The Hall–Kier alpha value is -2.47. The summed E-state index contributed by atoms with van der Waals surface area (Å²) < 4.78 is 33.8. The third-order valence-electron chi connectivity index (χ3n) is 3.33. The number of nitrogens with one attached hydrogen (secondary N) is 1. The fourth-order valence-corrected chi connectivity index (χ4v) is 2.14. The lowest BCUT2D eigenvalue weighted by Crippen LogP contribution is -2.30. The molecule has 0 aliphatic rings. The lowest BCUT2D eigenvalue weighted by molar-refractivity contribution is -0.126. The summed E-state index contributed by atoms with van der Waals surface area (Å²) in [6.07, 6.45) is 0. The van der Waals surface area contributed by atoms with Crippen LogP contribution in [0, 0.1) is 0 Å². The molecule has 128 valence electrons. The lowest BCUT2D eigenvalue weighted by Gasteiger charge is -2.15. The van der Waals surface area contributed by atoms with Gasteiger partial charge in [-0.15, -0.1) is 0 Å². The van der Waals surface area contributed by atoms with Crippen molar-refractivity contribution in [2.45, 2.75) is 26.2 Å². The van der Waals surface area contributed by atoms with Crippen molar-refractivity contribution < 1.29 is 23.0 Å². The third-order valence-corrected chi connectivity index (χ3v) is 3.33. The minimum Gasteiger partial charge on any atom is -0.435 e. The Morgan fingerprint density at radius 3 is 2.38 bits per heavy atom. The van der Waals surface area contributed by atoms with Gasteiger partial charge in [-0.05, 0) is 30.2 Å². The van der Waals surface area contributed by atoms with Gasteiger partial charge in [0, 0.05) is 0 Å². The van der Waals surface area contributed by atoms with Gasteiger partial charge in [-0.3, -0.25) is 4.79 Å². The Morgan fingerprint density at radius 1 is 1.08 bits per heavy atom. The summed E-state index contributed by atoms with van der Waals surface area (Å²) in [6.45, 7) is -0.735. The van der Waals surface area contributed by atoms with Crippen molar-refractivity contribution in [3.05, 3.63) is 65.7 Å². The van der Waals surface area contributed by atoms with Crippen LogP contribution < -0.4 is 10.1 Å². The van der Waals surface area contributed by atoms with E-state index in [9.17, 15) is 13.6 Å². The number of ether oxygens (including phenoxy) is 2. The molecule has 1 atom stereocenters. The van der Waals surface area contributed by atoms with E-state index in [1.807, 2.05) is 30.3 Å². The van der Waals surface area contributed by atoms with E-state index in [1.165, 1.54) is 12.1 Å². The van der Waals surface area contributed by atoms with Gasteiger partial charge in [0.25, 0.3) is 0 Å². The number of carbonyl (C=O) groups excluding carboxylic acids is 1. The number of halogens is 2. The Kier molecular flexibility index (Phi) is 6.69. The quantitative estimate of drug-likeness (QED) is 0.800. The first-order valence-corrected chi connectivity index (χ1v) is 7.50. The van der Waals surface area contributed by atoms with Gasteiger partial charge in [0.05, 0.1) is 12.6 Å². The maximum atomic E-state index is 12.1. The lowest BCUT2D eigenvalue weighted by atomic mass is 10.1. The molecular formula is C18H19F2NO3. The number of hydrogen-bond donors (Lipinski definition) is 1. The van der Waals surface area contributed by atoms with Crippen LogP contribution in [0.5, 0.6) is 5.75 Å². The maximum Gasteiger partial charge on any atom is 0.387 e. The molecule has 24 heavy (non-hydrogen) atoms. The van der Waals surface area contributed by atoms with Gasteiger partial charge in [-0.2, -0.15) is 8.78 Å². The van der Waals surface area contributed by atoms with Crippen molar-refractivity contribution in [3.63, 3.8) is 0 Å². The van der Waals surface area contributed by atoms with Gasteiger partial charge >= 0.3 is 6.61 Å². The second-order valence-electron chi connectivity index (χ2n) is 5.22. The normalized spacial score (nSPS) is 12.0. The molecule has 2 aromatic carbocycles. The van der Waals surface area contributed by atoms with Crippen molar-refractivity contribution in [1.82, 2.24) is 5.32 Å². The highest BCUT2D eigenvalue weighted by Gasteiger charge is 2.11. The molecule has 0 radical (unpaired) electrons. The summed E-state index contributed by atoms with van der Waals surface area (Å²) in [6, 6.07) is 15.4. The fraction of sp³-hybridized carbons (Fsp3) is 0.278. The molecule has 2 aromatic rings. The Labute approximate surface area is 139 Å². The van der Waals surface area contributed by atoms with Gasteiger partial charge in [-0.25, -0.2) is 0 Å². The molecule has 1 N–H and O–H groups in total. The summed E-state index contributed by atoms with van der Waals surface area (Å²) in [4.78, 5) is 11.9. The molecule has 4 nitrogen and oxygen atoms in total. The largest absolute Gasteiger partial charge is 0.435 e. The zero-order valence-corrected chi connectivity index (χ0v) is 13.2. The molecule has 0 aromatic heterocycles. The van der Waals surface area contributed by atoms with Crippen molar-refractivity contribution in [2.75, 3.05) is 6.61 Å². The summed E-state index contributed by atoms with van der Waals surface area (Å²) in [7, 11) is 0. The van der Waals surface area contributed by atoms with Crippen LogP contribution in [-0.4, -0.2) is 19.1 Å². The van der Waals surface area contributed by atoms with Crippen molar-refractivity contribution >= 4 is 5.91 Å². The van der Waals surface area contributed by atoms with E-state index in [1.54, 1.807) is 19.1 Å². The second kappa shape index (κ2) is 8.98. The molecule has 0 fully saturated rings. The number of rotatable bonds is 8.